The number of amides is 1. The fraction of sp³-hybridized carbons (Fsp3) is 0.412. The van der Waals surface area contributed by atoms with Crippen molar-refractivity contribution in [1.29, 1.82) is 0 Å². The first kappa shape index (κ1) is 15.7. The Morgan fingerprint density at radius 1 is 1.14 bits per heavy atom. The summed E-state index contributed by atoms with van der Waals surface area (Å²) in [5, 5.41) is 5.28. The van der Waals surface area contributed by atoms with Crippen molar-refractivity contribution in [2.24, 2.45) is 0 Å². The van der Waals surface area contributed by atoms with Gasteiger partial charge in [-0.2, -0.15) is 0 Å². The lowest BCUT2D eigenvalue weighted by atomic mass is 10.0. The van der Waals surface area contributed by atoms with Crippen LogP contribution in [0, 0.1) is 0 Å². The lowest BCUT2D eigenvalue weighted by molar-refractivity contribution is 0.102. The van der Waals surface area contributed by atoms with E-state index in [4.69, 9.17) is 0 Å². The van der Waals surface area contributed by atoms with E-state index in [1.165, 1.54) is 49.0 Å². The van der Waals surface area contributed by atoms with Crippen LogP contribution in [0.3, 0.4) is 0 Å². The minimum absolute atomic E-state index is 0.0977. The fourth-order valence-corrected chi connectivity index (χ4v) is 2.73. The zero-order chi connectivity index (χ0) is 14.9. The monoisotopic (exact) mass is 302 g/mol. The number of benzene rings is 1. The van der Waals surface area contributed by atoms with Crippen LogP contribution in [0.1, 0.15) is 54.9 Å². The molecule has 0 saturated heterocycles. The minimum Gasteiger partial charge on any atom is -0.298 e. The number of carbonyl (C=O) groups excluding carboxylic acids is 1. The van der Waals surface area contributed by atoms with E-state index in [9.17, 15) is 4.79 Å². The Bertz CT molecular complexity index is 534. The summed E-state index contributed by atoms with van der Waals surface area (Å²) in [5.74, 6) is -0.0977. The average Bonchev–Trinajstić information content (AvgIpc) is 3.00. The van der Waals surface area contributed by atoms with Gasteiger partial charge in [-0.25, -0.2) is 4.98 Å². The summed E-state index contributed by atoms with van der Waals surface area (Å²) < 4.78 is 0. The van der Waals surface area contributed by atoms with Crippen LogP contribution in [0.15, 0.2) is 35.8 Å². The zero-order valence-electron chi connectivity index (χ0n) is 12.5. The molecule has 1 aromatic carbocycles. The number of aromatic nitrogens is 1. The van der Waals surface area contributed by atoms with E-state index in [-0.39, 0.29) is 5.91 Å². The Labute approximate surface area is 130 Å². The molecule has 0 fully saturated rings. The predicted molar refractivity (Wildman–Crippen MR) is 89.0 cm³/mol. The molecule has 0 aliphatic heterocycles. The van der Waals surface area contributed by atoms with Crippen molar-refractivity contribution in [3.05, 3.63) is 47.0 Å². The van der Waals surface area contributed by atoms with Gasteiger partial charge in [0.2, 0.25) is 0 Å². The molecule has 1 amide bonds. The van der Waals surface area contributed by atoms with Crippen LogP contribution < -0.4 is 5.32 Å². The molecule has 2 rings (SSSR count). The van der Waals surface area contributed by atoms with Crippen molar-refractivity contribution >= 4 is 22.4 Å². The molecule has 0 radical (unpaired) electrons. The van der Waals surface area contributed by atoms with E-state index in [0.29, 0.717) is 10.7 Å². The molecule has 1 N–H and O–H groups in total. The number of unbranched alkanes of at least 4 members (excludes halogenated alkanes) is 4. The highest BCUT2D eigenvalue weighted by Crippen LogP contribution is 2.14. The summed E-state index contributed by atoms with van der Waals surface area (Å²) in [5.41, 5.74) is 1.98. The highest BCUT2D eigenvalue weighted by molar-refractivity contribution is 7.13. The maximum atomic E-state index is 12.0. The molecular formula is C17H22N2OS. The second-order valence-electron chi connectivity index (χ2n) is 5.15. The first-order valence-electron chi connectivity index (χ1n) is 7.59. The summed E-state index contributed by atoms with van der Waals surface area (Å²) in [7, 11) is 0. The summed E-state index contributed by atoms with van der Waals surface area (Å²) in [6.07, 6.45) is 9.23. The first-order valence-corrected chi connectivity index (χ1v) is 8.47. The SMILES string of the molecule is CCCCCCCc1ccc(C(=O)Nc2nccs2)cc1. The number of hydrogen-bond acceptors (Lipinski definition) is 3. The van der Waals surface area contributed by atoms with Gasteiger partial charge in [-0.05, 0) is 30.5 Å². The standard InChI is InChI=1S/C17H22N2OS/c1-2-3-4-5-6-7-14-8-10-15(11-9-14)16(20)19-17-18-12-13-21-17/h8-13H,2-7H2,1H3,(H,18,19,20). The molecule has 2 aromatic rings. The van der Waals surface area contributed by atoms with E-state index in [1.54, 1.807) is 6.20 Å². The molecule has 0 atom stereocenters. The molecule has 21 heavy (non-hydrogen) atoms. The summed E-state index contributed by atoms with van der Waals surface area (Å²) in [4.78, 5) is 16.1. The molecule has 0 bridgehead atoms. The number of carbonyl (C=O) groups is 1. The Morgan fingerprint density at radius 3 is 2.57 bits per heavy atom. The number of nitrogens with zero attached hydrogens (tertiary/aromatic N) is 1. The minimum atomic E-state index is -0.0977. The lowest BCUT2D eigenvalue weighted by Gasteiger charge is -2.04. The topological polar surface area (TPSA) is 42.0 Å². The quantitative estimate of drug-likeness (QED) is 0.704. The molecule has 4 heteroatoms. The summed E-state index contributed by atoms with van der Waals surface area (Å²) in [6, 6.07) is 7.89. The Kier molecular flexibility index (Phi) is 6.41. The third-order valence-corrected chi connectivity index (χ3v) is 4.13. The molecular weight excluding hydrogens is 280 g/mol. The lowest BCUT2D eigenvalue weighted by Crippen LogP contribution is -2.11. The van der Waals surface area contributed by atoms with Crippen molar-refractivity contribution in [2.75, 3.05) is 5.32 Å². The predicted octanol–water partition coefficient (Wildman–Crippen LogP) is 4.91. The van der Waals surface area contributed by atoms with Gasteiger partial charge in [0, 0.05) is 17.1 Å². The van der Waals surface area contributed by atoms with Gasteiger partial charge >= 0.3 is 0 Å². The normalized spacial score (nSPS) is 10.5. The van der Waals surface area contributed by atoms with Gasteiger partial charge in [-0.3, -0.25) is 10.1 Å². The van der Waals surface area contributed by atoms with Gasteiger partial charge in [0.25, 0.3) is 5.91 Å². The van der Waals surface area contributed by atoms with E-state index in [0.717, 1.165) is 6.42 Å². The van der Waals surface area contributed by atoms with Gasteiger partial charge in [0.15, 0.2) is 5.13 Å². The maximum absolute atomic E-state index is 12.0. The maximum Gasteiger partial charge on any atom is 0.257 e. The van der Waals surface area contributed by atoms with Gasteiger partial charge in [0.05, 0.1) is 0 Å². The molecule has 3 nitrogen and oxygen atoms in total. The van der Waals surface area contributed by atoms with Crippen LogP contribution >= 0.6 is 11.3 Å². The third kappa shape index (κ3) is 5.31. The second-order valence-corrected chi connectivity index (χ2v) is 6.05. The van der Waals surface area contributed by atoms with Crippen LogP contribution in [0.25, 0.3) is 0 Å². The Hall–Kier alpha value is -1.68. The third-order valence-electron chi connectivity index (χ3n) is 3.44. The highest BCUT2D eigenvalue weighted by atomic mass is 32.1. The van der Waals surface area contributed by atoms with Gasteiger partial charge < -0.3 is 0 Å². The largest absolute Gasteiger partial charge is 0.298 e. The molecule has 112 valence electrons. The highest BCUT2D eigenvalue weighted by Gasteiger charge is 2.07. The number of nitrogens with one attached hydrogen (secondary N) is 1. The smallest absolute Gasteiger partial charge is 0.257 e. The number of rotatable bonds is 8. The van der Waals surface area contributed by atoms with E-state index >= 15 is 0 Å². The molecule has 0 spiro atoms. The summed E-state index contributed by atoms with van der Waals surface area (Å²) >= 11 is 1.42. The summed E-state index contributed by atoms with van der Waals surface area (Å²) in [6.45, 7) is 2.23. The number of thiazole rings is 1. The molecule has 0 saturated carbocycles. The van der Waals surface area contributed by atoms with Crippen molar-refractivity contribution < 1.29 is 4.79 Å². The fourth-order valence-electron chi connectivity index (χ4n) is 2.21. The van der Waals surface area contributed by atoms with Crippen LogP contribution in [-0.2, 0) is 6.42 Å². The molecule has 0 aliphatic rings. The molecule has 0 aliphatic carbocycles. The zero-order valence-corrected chi connectivity index (χ0v) is 13.3. The Balaban J connectivity index is 1.79. The van der Waals surface area contributed by atoms with Crippen molar-refractivity contribution in [2.45, 2.75) is 45.4 Å². The molecule has 1 heterocycles. The Morgan fingerprint density at radius 2 is 1.90 bits per heavy atom. The van der Waals surface area contributed by atoms with Crippen LogP contribution in [0.2, 0.25) is 0 Å². The van der Waals surface area contributed by atoms with Gasteiger partial charge in [-0.15, -0.1) is 11.3 Å². The number of anilines is 1. The van der Waals surface area contributed by atoms with E-state index < -0.39 is 0 Å². The molecule has 0 unspecified atom stereocenters. The van der Waals surface area contributed by atoms with Crippen LogP contribution in [0.5, 0.6) is 0 Å². The van der Waals surface area contributed by atoms with Gasteiger partial charge in [0.1, 0.15) is 0 Å². The van der Waals surface area contributed by atoms with Gasteiger partial charge in [-0.1, -0.05) is 44.7 Å². The number of hydrogen-bond donors (Lipinski definition) is 1. The van der Waals surface area contributed by atoms with Crippen LogP contribution in [0.4, 0.5) is 5.13 Å². The second kappa shape index (κ2) is 8.57. The van der Waals surface area contributed by atoms with E-state index in [1.807, 2.05) is 17.5 Å². The van der Waals surface area contributed by atoms with Crippen molar-refractivity contribution in [3.63, 3.8) is 0 Å². The first-order chi connectivity index (χ1) is 10.3. The van der Waals surface area contributed by atoms with E-state index in [2.05, 4.69) is 29.4 Å². The van der Waals surface area contributed by atoms with Crippen molar-refractivity contribution in [3.8, 4) is 0 Å². The van der Waals surface area contributed by atoms with Crippen LogP contribution in [-0.4, -0.2) is 10.9 Å². The number of aryl methyl sites for hydroxylation is 1. The van der Waals surface area contributed by atoms with Crippen molar-refractivity contribution in [1.82, 2.24) is 4.98 Å². The molecule has 1 aromatic heterocycles. The average molecular weight is 302 g/mol.